The number of fused-ring (bicyclic) bond motifs is 1. The Morgan fingerprint density at radius 3 is 2.65 bits per heavy atom. The van der Waals surface area contributed by atoms with E-state index in [9.17, 15) is 13.2 Å². The highest BCUT2D eigenvalue weighted by Crippen LogP contribution is 2.29. The Morgan fingerprint density at radius 1 is 1.30 bits per heavy atom. The molecule has 0 amide bonds. The molecule has 6 heteroatoms. The maximum atomic E-state index is 12.5. The molecule has 0 saturated carbocycles. The van der Waals surface area contributed by atoms with E-state index in [2.05, 4.69) is 5.32 Å². The summed E-state index contributed by atoms with van der Waals surface area (Å²) in [6, 6.07) is 7.23. The van der Waals surface area contributed by atoms with E-state index in [1.807, 2.05) is 18.2 Å². The third kappa shape index (κ3) is 3.13. The Balaban J connectivity index is 2.25. The highest BCUT2D eigenvalue weighted by molar-refractivity contribution is 5.82. The molecule has 1 aromatic carbocycles. The third-order valence-electron chi connectivity index (χ3n) is 3.06. The maximum Gasteiger partial charge on any atom is 0.414 e. The van der Waals surface area contributed by atoms with Gasteiger partial charge in [0.15, 0.2) is 6.10 Å². The molecule has 0 radical (unpaired) electrons. The summed E-state index contributed by atoms with van der Waals surface area (Å²) in [6.45, 7) is 1.31. The first kappa shape index (κ1) is 14.9. The molecule has 0 aliphatic rings. The fraction of sp³-hybridized carbons (Fsp3) is 0.429. The SMILES string of the molecule is CNCc1oc2ccccc2c1COC(C)C(F)(F)F. The summed E-state index contributed by atoms with van der Waals surface area (Å²) in [4.78, 5) is 0. The number of benzene rings is 1. The summed E-state index contributed by atoms with van der Waals surface area (Å²) >= 11 is 0. The summed E-state index contributed by atoms with van der Waals surface area (Å²) in [6.07, 6.45) is -6.17. The molecule has 1 N–H and O–H groups in total. The van der Waals surface area contributed by atoms with Crippen LogP contribution in [0, 0.1) is 0 Å². The third-order valence-corrected chi connectivity index (χ3v) is 3.06. The number of furan rings is 1. The summed E-state index contributed by atoms with van der Waals surface area (Å²) < 4.78 is 48.0. The molecule has 1 aromatic heterocycles. The molecule has 0 fully saturated rings. The van der Waals surface area contributed by atoms with Crippen LogP contribution < -0.4 is 5.32 Å². The smallest absolute Gasteiger partial charge is 0.414 e. The van der Waals surface area contributed by atoms with Crippen molar-refractivity contribution in [3.05, 3.63) is 35.6 Å². The van der Waals surface area contributed by atoms with Gasteiger partial charge in [-0.25, -0.2) is 0 Å². The van der Waals surface area contributed by atoms with Crippen molar-refractivity contribution in [2.75, 3.05) is 7.05 Å². The highest BCUT2D eigenvalue weighted by atomic mass is 19.4. The van der Waals surface area contributed by atoms with Crippen molar-refractivity contribution in [3.63, 3.8) is 0 Å². The van der Waals surface area contributed by atoms with Crippen molar-refractivity contribution in [2.24, 2.45) is 0 Å². The lowest BCUT2D eigenvalue weighted by Crippen LogP contribution is -2.28. The Kier molecular flexibility index (Phi) is 4.35. The summed E-state index contributed by atoms with van der Waals surface area (Å²) in [5, 5.41) is 3.72. The molecule has 1 unspecified atom stereocenters. The van der Waals surface area contributed by atoms with Crippen LogP contribution in [0.5, 0.6) is 0 Å². The number of rotatable bonds is 5. The van der Waals surface area contributed by atoms with Gasteiger partial charge >= 0.3 is 6.18 Å². The number of para-hydroxylation sites is 1. The Bertz CT molecular complexity index is 577. The van der Waals surface area contributed by atoms with E-state index in [-0.39, 0.29) is 6.61 Å². The second-order valence-corrected chi connectivity index (χ2v) is 4.53. The van der Waals surface area contributed by atoms with Crippen LogP contribution in [0.1, 0.15) is 18.2 Å². The minimum atomic E-state index is -4.36. The standard InChI is InChI=1S/C14H16F3NO2/c1-9(14(15,16)17)19-8-11-10-5-3-4-6-12(10)20-13(11)7-18-2/h3-6,9,18H,7-8H2,1-2H3. The van der Waals surface area contributed by atoms with Gasteiger partial charge in [0.25, 0.3) is 0 Å². The van der Waals surface area contributed by atoms with Crippen LogP contribution in [0.4, 0.5) is 13.2 Å². The molecule has 0 aliphatic heterocycles. The van der Waals surface area contributed by atoms with E-state index < -0.39 is 12.3 Å². The first-order chi connectivity index (χ1) is 9.43. The number of nitrogens with one attached hydrogen (secondary N) is 1. The summed E-state index contributed by atoms with van der Waals surface area (Å²) in [5.41, 5.74) is 1.31. The van der Waals surface area contributed by atoms with Gasteiger partial charge in [0, 0.05) is 10.9 Å². The van der Waals surface area contributed by atoms with Crippen LogP contribution >= 0.6 is 0 Å². The lowest BCUT2D eigenvalue weighted by molar-refractivity contribution is -0.217. The van der Waals surface area contributed by atoms with Gasteiger partial charge in [0.05, 0.1) is 13.2 Å². The lowest BCUT2D eigenvalue weighted by Gasteiger charge is -2.16. The van der Waals surface area contributed by atoms with Crippen molar-refractivity contribution < 1.29 is 22.3 Å². The average Bonchev–Trinajstić information content (AvgIpc) is 2.73. The van der Waals surface area contributed by atoms with E-state index in [1.165, 1.54) is 0 Å². The van der Waals surface area contributed by atoms with Crippen LogP contribution in [0.2, 0.25) is 0 Å². The average molecular weight is 287 g/mol. The minimum Gasteiger partial charge on any atom is -0.459 e. The molecule has 2 rings (SSSR count). The predicted molar refractivity (Wildman–Crippen MR) is 69.3 cm³/mol. The van der Waals surface area contributed by atoms with Gasteiger partial charge in [-0.15, -0.1) is 0 Å². The molecule has 3 nitrogen and oxygen atoms in total. The topological polar surface area (TPSA) is 34.4 Å². The molecular formula is C14H16F3NO2. The fourth-order valence-corrected chi connectivity index (χ4v) is 1.91. The Morgan fingerprint density at radius 2 is 2.00 bits per heavy atom. The van der Waals surface area contributed by atoms with Crippen molar-refractivity contribution in [2.45, 2.75) is 32.4 Å². The second-order valence-electron chi connectivity index (χ2n) is 4.53. The Labute approximate surface area is 114 Å². The van der Waals surface area contributed by atoms with Crippen LogP contribution in [0.3, 0.4) is 0 Å². The van der Waals surface area contributed by atoms with Gasteiger partial charge < -0.3 is 14.5 Å². The molecule has 0 bridgehead atoms. The molecule has 2 aromatic rings. The largest absolute Gasteiger partial charge is 0.459 e. The van der Waals surface area contributed by atoms with Crippen molar-refractivity contribution in [1.82, 2.24) is 5.32 Å². The van der Waals surface area contributed by atoms with Crippen LogP contribution in [0.25, 0.3) is 11.0 Å². The zero-order valence-electron chi connectivity index (χ0n) is 11.3. The molecule has 0 aliphatic carbocycles. The lowest BCUT2D eigenvalue weighted by atomic mass is 10.1. The van der Waals surface area contributed by atoms with E-state index >= 15 is 0 Å². The molecule has 1 heterocycles. The van der Waals surface area contributed by atoms with Crippen molar-refractivity contribution >= 4 is 11.0 Å². The molecule has 0 saturated heterocycles. The summed E-state index contributed by atoms with van der Waals surface area (Å²) in [7, 11) is 1.75. The number of alkyl halides is 3. The number of ether oxygens (including phenoxy) is 1. The fourth-order valence-electron chi connectivity index (χ4n) is 1.91. The number of halogens is 3. The van der Waals surface area contributed by atoms with Gasteiger partial charge in [-0.1, -0.05) is 18.2 Å². The van der Waals surface area contributed by atoms with Gasteiger partial charge in [0.2, 0.25) is 0 Å². The minimum absolute atomic E-state index is 0.130. The maximum absolute atomic E-state index is 12.5. The van der Waals surface area contributed by atoms with Gasteiger partial charge in [-0.05, 0) is 20.0 Å². The molecular weight excluding hydrogens is 271 g/mol. The monoisotopic (exact) mass is 287 g/mol. The quantitative estimate of drug-likeness (QED) is 0.912. The molecule has 110 valence electrons. The normalized spacial score (nSPS) is 13.8. The van der Waals surface area contributed by atoms with Crippen LogP contribution in [0.15, 0.2) is 28.7 Å². The Hall–Kier alpha value is -1.53. The zero-order valence-corrected chi connectivity index (χ0v) is 11.3. The summed E-state index contributed by atoms with van der Waals surface area (Å²) in [5.74, 6) is 0.600. The van der Waals surface area contributed by atoms with Gasteiger partial charge in [-0.3, -0.25) is 0 Å². The van der Waals surface area contributed by atoms with Crippen LogP contribution in [-0.2, 0) is 17.9 Å². The first-order valence-electron chi connectivity index (χ1n) is 6.25. The van der Waals surface area contributed by atoms with Gasteiger partial charge in [0.1, 0.15) is 11.3 Å². The predicted octanol–water partition coefficient (Wildman–Crippen LogP) is 3.62. The molecule has 1 atom stereocenters. The first-order valence-corrected chi connectivity index (χ1v) is 6.25. The van der Waals surface area contributed by atoms with Crippen molar-refractivity contribution in [1.29, 1.82) is 0 Å². The molecule has 0 spiro atoms. The van der Waals surface area contributed by atoms with E-state index in [0.717, 1.165) is 12.3 Å². The van der Waals surface area contributed by atoms with E-state index in [1.54, 1.807) is 13.1 Å². The second kappa shape index (κ2) is 5.85. The zero-order chi connectivity index (χ0) is 14.8. The highest BCUT2D eigenvalue weighted by Gasteiger charge is 2.37. The number of hydrogen-bond donors (Lipinski definition) is 1. The number of hydrogen-bond acceptors (Lipinski definition) is 3. The van der Waals surface area contributed by atoms with E-state index in [0.29, 0.717) is 23.5 Å². The van der Waals surface area contributed by atoms with Crippen LogP contribution in [-0.4, -0.2) is 19.3 Å². The molecule has 20 heavy (non-hydrogen) atoms. The van der Waals surface area contributed by atoms with E-state index in [4.69, 9.17) is 9.15 Å². The van der Waals surface area contributed by atoms with Gasteiger partial charge in [-0.2, -0.15) is 13.2 Å². The van der Waals surface area contributed by atoms with Crippen molar-refractivity contribution in [3.8, 4) is 0 Å².